The summed E-state index contributed by atoms with van der Waals surface area (Å²) in [4.78, 5) is 7.27. The molecule has 0 aliphatic carbocycles. The molecule has 0 saturated carbocycles. The fourth-order valence-electron chi connectivity index (χ4n) is 3.29. The van der Waals surface area contributed by atoms with Crippen LogP contribution >= 0.6 is 0 Å². The molecule has 3 heteroatoms. The van der Waals surface area contributed by atoms with E-state index in [2.05, 4.69) is 49.0 Å². The molecule has 0 amide bonds. The zero-order valence-electron chi connectivity index (χ0n) is 13.4. The lowest BCUT2D eigenvalue weighted by molar-refractivity contribution is 0.0226. The van der Waals surface area contributed by atoms with Gasteiger partial charge in [0, 0.05) is 37.4 Å². The first-order valence-electron chi connectivity index (χ1n) is 8.04. The summed E-state index contributed by atoms with van der Waals surface area (Å²) < 4.78 is 0. The summed E-state index contributed by atoms with van der Waals surface area (Å²) in [5, 5.41) is 3.73. The Labute approximate surface area is 123 Å². The van der Waals surface area contributed by atoms with Crippen LogP contribution in [0.2, 0.25) is 0 Å². The Kier molecular flexibility index (Phi) is 5.17. The minimum atomic E-state index is 0.287. The molecular formula is C17H29N3. The van der Waals surface area contributed by atoms with Crippen LogP contribution in [0.15, 0.2) is 18.3 Å². The molecule has 20 heavy (non-hydrogen) atoms. The standard InChI is InChI=1S/C17H29N3/c1-5-15-11-20(17(6-2,7-3)13-19-15)12-16-14(4)9-8-10-18-16/h8-10,15,19H,5-7,11-13H2,1-4H3. The molecule has 2 rings (SSSR count). The van der Waals surface area contributed by atoms with E-state index in [-0.39, 0.29) is 5.54 Å². The largest absolute Gasteiger partial charge is 0.311 e. The summed E-state index contributed by atoms with van der Waals surface area (Å²) in [5.74, 6) is 0. The number of aromatic nitrogens is 1. The summed E-state index contributed by atoms with van der Waals surface area (Å²) in [6.45, 7) is 12.3. The molecule has 0 spiro atoms. The highest BCUT2D eigenvalue weighted by Gasteiger charge is 2.38. The predicted molar refractivity (Wildman–Crippen MR) is 84.8 cm³/mol. The number of aryl methyl sites for hydroxylation is 1. The van der Waals surface area contributed by atoms with Gasteiger partial charge in [0.1, 0.15) is 0 Å². The van der Waals surface area contributed by atoms with Gasteiger partial charge in [0.15, 0.2) is 0 Å². The minimum absolute atomic E-state index is 0.287. The van der Waals surface area contributed by atoms with E-state index in [9.17, 15) is 0 Å². The van der Waals surface area contributed by atoms with Gasteiger partial charge in [0.2, 0.25) is 0 Å². The van der Waals surface area contributed by atoms with Gasteiger partial charge in [0.25, 0.3) is 0 Å². The number of hydrogen-bond acceptors (Lipinski definition) is 3. The van der Waals surface area contributed by atoms with Crippen LogP contribution < -0.4 is 5.32 Å². The van der Waals surface area contributed by atoms with Crippen LogP contribution in [0, 0.1) is 6.92 Å². The van der Waals surface area contributed by atoms with Gasteiger partial charge in [-0.2, -0.15) is 0 Å². The molecule has 1 aliphatic rings. The van der Waals surface area contributed by atoms with E-state index in [0.717, 1.165) is 19.6 Å². The first kappa shape index (κ1) is 15.5. The fourth-order valence-corrected chi connectivity index (χ4v) is 3.29. The van der Waals surface area contributed by atoms with Crippen molar-refractivity contribution in [2.75, 3.05) is 13.1 Å². The lowest BCUT2D eigenvalue weighted by Crippen LogP contribution is -2.63. The Bertz CT molecular complexity index is 426. The van der Waals surface area contributed by atoms with Crippen molar-refractivity contribution in [2.45, 2.75) is 65.1 Å². The molecule has 0 radical (unpaired) electrons. The normalized spacial score (nSPS) is 22.9. The molecule has 112 valence electrons. The van der Waals surface area contributed by atoms with Crippen LogP contribution in [0.4, 0.5) is 0 Å². The van der Waals surface area contributed by atoms with Gasteiger partial charge in [-0.25, -0.2) is 0 Å². The average molecular weight is 275 g/mol. The van der Waals surface area contributed by atoms with Gasteiger partial charge in [-0.3, -0.25) is 9.88 Å². The third-order valence-electron chi connectivity index (χ3n) is 5.10. The Balaban J connectivity index is 2.21. The molecule has 1 atom stereocenters. The molecule has 0 bridgehead atoms. The minimum Gasteiger partial charge on any atom is -0.311 e. The SMILES string of the molecule is CCC1CN(Cc2ncccc2C)C(CC)(CC)CN1. The number of nitrogens with zero attached hydrogens (tertiary/aromatic N) is 2. The summed E-state index contributed by atoms with van der Waals surface area (Å²) >= 11 is 0. The molecule has 1 aromatic heterocycles. The van der Waals surface area contributed by atoms with Crippen LogP contribution in [-0.2, 0) is 6.54 Å². The maximum atomic E-state index is 4.60. The van der Waals surface area contributed by atoms with Crippen molar-refractivity contribution in [3.8, 4) is 0 Å². The first-order valence-corrected chi connectivity index (χ1v) is 8.04. The number of pyridine rings is 1. The van der Waals surface area contributed by atoms with Crippen molar-refractivity contribution in [1.82, 2.24) is 15.2 Å². The zero-order chi connectivity index (χ0) is 14.6. The van der Waals surface area contributed by atoms with Gasteiger partial charge >= 0.3 is 0 Å². The highest BCUT2D eigenvalue weighted by atomic mass is 15.3. The van der Waals surface area contributed by atoms with Crippen LogP contribution in [0.5, 0.6) is 0 Å². The van der Waals surface area contributed by atoms with Crippen LogP contribution in [-0.4, -0.2) is 34.6 Å². The Morgan fingerprint density at radius 2 is 2.10 bits per heavy atom. The number of nitrogens with one attached hydrogen (secondary N) is 1. The van der Waals surface area contributed by atoms with Crippen molar-refractivity contribution in [1.29, 1.82) is 0 Å². The van der Waals surface area contributed by atoms with Crippen molar-refractivity contribution < 1.29 is 0 Å². The van der Waals surface area contributed by atoms with E-state index in [0.29, 0.717) is 6.04 Å². The summed E-state index contributed by atoms with van der Waals surface area (Å²) in [5.41, 5.74) is 2.83. The Morgan fingerprint density at radius 1 is 1.35 bits per heavy atom. The topological polar surface area (TPSA) is 28.2 Å². The quantitative estimate of drug-likeness (QED) is 0.895. The van der Waals surface area contributed by atoms with Crippen molar-refractivity contribution in [3.63, 3.8) is 0 Å². The van der Waals surface area contributed by atoms with Crippen molar-refractivity contribution >= 4 is 0 Å². The predicted octanol–water partition coefficient (Wildman–Crippen LogP) is 3.13. The van der Waals surface area contributed by atoms with E-state index in [1.807, 2.05) is 12.3 Å². The second-order valence-electron chi connectivity index (χ2n) is 6.07. The number of hydrogen-bond donors (Lipinski definition) is 1. The Morgan fingerprint density at radius 3 is 2.70 bits per heavy atom. The third kappa shape index (κ3) is 3.04. The van der Waals surface area contributed by atoms with Gasteiger partial charge in [-0.1, -0.05) is 26.8 Å². The monoisotopic (exact) mass is 275 g/mol. The summed E-state index contributed by atoms with van der Waals surface area (Å²) in [7, 11) is 0. The van der Waals surface area contributed by atoms with E-state index in [1.54, 1.807) is 0 Å². The second-order valence-corrected chi connectivity index (χ2v) is 6.07. The number of rotatable bonds is 5. The molecule has 1 N–H and O–H groups in total. The first-order chi connectivity index (χ1) is 9.65. The lowest BCUT2D eigenvalue weighted by atomic mass is 9.86. The van der Waals surface area contributed by atoms with Gasteiger partial charge in [-0.05, 0) is 37.8 Å². The molecule has 1 aromatic rings. The maximum Gasteiger partial charge on any atom is 0.0573 e. The van der Waals surface area contributed by atoms with Crippen molar-refractivity contribution in [3.05, 3.63) is 29.6 Å². The molecule has 1 saturated heterocycles. The van der Waals surface area contributed by atoms with E-state index >= 15 is 0 Å². The highest BCUT2D eigenvalue weighted by molar-refractivity contribution is 5.18. The summed E-state index contributed by atoms with van der Waals surface area (Å²) in [6.07, 6.45) is 5.50. The number of piperazine rings is 1. The molecule has 3 nitrogen and oxygen atoms in total. The summed E-state index contributed by atoms with van der Waals surface area (Å²) in [6, 6.07) is 4.81. The van der Waals surface area contributed by atoms with Gasteiger partial charge in [-0.15, -0.1) is 0 Å². The molecule has 2 heterocycles. The third-order valence-corrected chi connectivity index (χ3v) is 5.10. The molecule has 0 aromatic carbocycles. The van der Waals surface area contributed by atoms with Crippen LogP contribution in [0.25, 0.3) is 0 Å². The van der Waals surface area contributed by atoms with Crippen LogP contribution in [0.1, 0.15) is 51.3 Å². The maximum absolute atomic E-state index is 4.60. The molecule has 1 aliphatic heterocycles. The second kappa shape index (κ2) is 6.68. The smallest absolute Gasteiger partial charge is 0.0573 e. The van der Waals surface area contributed by atoms with E-state index < -0.39 is 0 Å². The lowest BCUT2D eigenvalue weighted by Gasteiger charge is -2.49. The van der Waals surface area contributed by atoms with Gasteiger partial charge in [0.05, 0.1) is 5.69 Å². The Hall–Kier alpha value is -0.930. The van der Waals surface area contributed by atoms with Crippen molar-refractivity contribution in [2.24, 2.45) is 0 Å². The molecular weight excluding hydrogens is 246 g/mol. The highest BCUT2D eigenvalue weighted by Crippen LogP contribution is 2.29. The molecule has 1 fully saturated rings. The molecule has 1 unspecified atom stereocenters. The zero-order valence-corrected chi connectivity index (χ0v) is 13.4. The van der Waals surface area contributed by atoms with Gasteiger partial charge < -0.3 is 5.32 Å². The average Bonchev–Trinajstić information content (AvgIpc) is 2.49. The van der Waals surface area contributed by atoms with Crippen LogP contribution in [0.3, 0.4) is 0 Å². The van der Waals surface area contributed by atoms with E-state index in [1.165, 1.54) is 30.5 Å². The fraction of sp³-hybridized carbons (Fsp3) is 0.706. The van der Waals surface area contributed by atoms with E-state index in [4.69, 9.17) is 0 Å².